The Morgan fingerprint density at radius 1 is 1.42 bits per heavy atom. The van der Waals surface area contributed by atoms with Gasteiger partial charge in [-0.1, -0.05) is 6.92 Å². The van der Waals surface area contributed by atoms with Crippen LogP contribution in [0.3, 0.4) is 0 Å². The van der Waals surface area contributed by atoms with Crippen LogP contribution in [0.2, 0.25) is 0 Å². The monoisotopic (exact) mass is 171 g/mol. The first-order valence-electron chi connectivity index (χ1n) is 5.14. The van der Waals surface area contributed by atoms with Crippen LogP contribution < -0.4 is 0 Å². The van der Waals surface area contributed by atoms with Crippen LogP contribution in [0.4, 0.5) is 0 Å². The topological polar surface area (TPSA) is 23.5 Å². The van der Waals surface area contributed by atoms with E-state index < -0.39 is 0 Å². The van der Waals surface area contributed by atoms with E-state index in [2.05, 4.69) is 11.8 Å². The number of nitrogens with zero attached hydrogens (tertiary/aromatic N) is 1. The van der Waals surface area contributed by atoms with E-state index in [-0.39, 0.29) is 6.10 Å². The largest absolute Gasteiger partial charge is 0.393 e. The van der Waals surface area contributed by atoms with Gasteiger partial charge in [0.25, 0.3) is 0 Å². The Bertz CT molecular complexity index is 117. The van der Waals surface area contributed by atoms with Crippen LogP contribution in [0.5, 0.6) is 0 Å². The molecule has 1 fully saturated rings. The molecular weight excluding hydrogens is 150 g/mol. The molecule has 2 nitrogen and oxygen atoms in total. The van der Waals surface area contributed by atoms with Crippen molar-refractivity contribution in [1.82, 2.24) is 4.90 Å². The maximum atomic E-state index is 9.37. The number of hydrogen-bond acceptors (Lipinski definition) is 2. The molecule has 1 N–H and O–H groups in total. The van der Waals surface area contributed by atoms with E-state index in [9.17, 15) is 5.11 Å². The van der Waals surface area contributed by atoms with E-state index in [0.717, 1.165) is 0 Å². The van der Waals surface area contributed by atoms with Gasteiger partial charge in [-0.2, -0.15) is 0 Å². The van der Waals surface area contributed by atoms with Gasteiger partial charge in [0.15, 0.2) is 0 Å². The molecule has 0 aromatic heterocycles. The third kappa shape index (κ3) is 2.76. The lowest BCUT2D eigenvalue weighted by molar-refractivity contribution is 0.0720. The van der Waals surface area contributed by atoms with Crippen molar-refractivity contribution in [3.8, 4) is 0 Å². The first-order valence-corrected chi connectivity index (χ1v) is 5.14. The molecule has 0 amide bonds. The zero-order chi connectivity index (χ0) is 8.97. The molecule has 1 aliphatic heterocycles. The summed E-state index contributed by atoms with van der Waals surface area (Å²) in [6, 6.07) is 0. The molecule has 1 atom stereocenters. The minimum atomic E-state index is -0.103. The van der Waals surface area contributed by atoms with Crippen molar-refractivity contribution in [2.45, 2.75) is 39.2 Å². The normalized spacial score (nSPS) is 24.2. The second-order valence-electron chi connectivity index (χ2n) is 3.92. The minimum Gasteiger partial charge on any atom is -0.393 e. The van der Waals surface area contributed by atoms with E-state index in [1.165, 1.54) is 38.9 Å². The summed E-state index contributed by atoms with van der Waals surface area (Å²) in [5.41, 5.74) is 0. The molecule has 0 aromatic carbocycles. The van der Waals surface area contributed by atoms with Gasteiger partial charge in [-0.05, 0) is 51.7 Å². The van der Waals surface area contributed by atoms with Crippen molar-refractivity contribution < 1.29 is 5.11 Å². The fraction of sp³-hybridized carbons (Fsp3) is 1.00. The van der Waals surface area contributed by atoms with Crippen LogP contribution >= 0.6 is 0 Å². The van der Waals surface area contributed by atoms with Crippen molar-refractivity contribution in [1.29, 1.82) is 0 Å². The lowest BCUT2D eigenvalue weighted by Crippen LogP contribution is -2.37. The molecule has 0 saturated carbocycles. The quantitative estimate of drug-likeness (QED) is 0.695. The third-order valence-corrected chi connectivity index (χ3v) is 2.85. The fourth-order valence-corrected chi connectivity index (χ4v) is 1.98. The van der Waals surface area contributed by atoms with Crippen molar-refractivity contribution >= 4 is 0 Å². The number of hydrogen-bond donors (Lipinski definition) is 1. The number of piperidine rings is 1. The highest BCUT2D eigenvalue weighted by molar-refractivity contribution is 4.74. The molecule has 1 saturated heterocycles. The molecule has 0 aromatic rings. The van der Waals surface area contributed by atoms with E-state index >= 15 is 0 Å². The van der Waals surface area contributed by atoms with Gasteiger partial charge >= 0.3 is 0 Å². The lowest BCUT2D eigenvalue weighted by atomic mass is 9.92. The zero-order valence-corrected chi connectivity index (χ0v) is 8.29. The third-order valence-electron chi connectivity index (χ3n) is 2.85. The number of rotatable bonds is 3. The van der Waals surface area contributed by atoms with Gasteiger partial charge in [-0.3, -0.25) is 0 Å². The van der Waals surface area contributed by atoms with E-state index in [1.54, 1.807) is 0 Å². The summed E-state index contributed by atoms with van der Waals surface area (Å²) in [6.07, 6.45) is 3.50. The summed E-state index contributed by atoms with van der Waals surface area (Å²) in [4.78, 5) is 2.50. The van der Waals surface area contributed by atoms with Crippen LogP contribution in [0.25, 0.3) is 0 Å². The van der Waals surface area contributed by atoms with Gasteiger partial charge in [0.1, 0.15) is 0 Å². The molecule has 1 heterocycles. The van der Waals surface area contributed by atoms with Crippen LogP contribution in [0.15, 0.2) is 0 Å². The summed E-state index contributed by atoms with van der Waals surface area (Å²) in [7, 11) is 0. The van der Waals surface area contributed by atoms with Gasteiger partial charge < -0.3 is 10.0 Å². The Kier molecular flexibility index (Phi) is 4.02. The van der Waals surface area contributed by atoms with E-state index in [4.69, 9.17) is 0 Å². The highest BCUT2D eigenvalue weighted by Crippen LogP contribution is 2.20. The average Bonchev–Trinajstić information content (AvgIpc) is 2.06. The Morgan fingerprint density at radius 2 is 2.00 bits per heavy atom. The first kappa shape index (κ1) is 10.0. The summed E-state index contributed by atoms with van der Waals surface area (Å²) < 4.78 is 0. The highest BCUT2D eigenvalue weighted by Gasteiger charge is 2.21. The smallest absolute Gasteiger partial charge is 0.0541 e. The number of aliphatic hydroxyl groups excluding tert-OH is 1. The second kappa shape index (κ2) is 4.83. The number of likely N-dealkylation sites (tertiary alicyclic amines) is 1. The molecule has 0 bridgehead atoms. The standard InChI is InChI=1S/C10H21NO/c1-3-6-11-7-4-10(5-8-11)9(2)12/h9-10,12H,3-8H2,1-2H3. The van der Waals surface area contributed by atoms with Crippen molar-refractivity contribution in [3.05, 3.63) is 0 Å². The maximum Gasteiger partial charge on any atom is 0.0541 e. The van der Waals surface area contributed by atoms with Gasteiger partial charge in [0, 0.05) is 0 Å². The van der Waals surface area contributed by atoms with E-state index in [1.807, 2.05) is 6.92 Å². The molecule has 72 valence electrons. The molecule has 12 heavy (non-hydrogen) atoms. The maximum absolute atomic E-state index is 9.37. The Morgan fingerprint density at radius 3 is 2.42 bits per heavy atom. The minimum absolute atomic E-state index is 0.103. The predicted molar refractivity (Wildman–Crippen MR) is 51.1 cm³/mol. The summed E-state index contributed by atoms with van der Waals surface area (Å²) in [6.45, 7) is 7.74. The second-order valence-corrected chi connectivity index (χ2v) is 3.92. The summed E-state index contributed by atoms with van der Waals surface area (Å²) in [5, 5.41) is 9.37. The van der Waals surface area contributed by atoms with Gasteiger partial charge in [0.05, 0.1) is 6.10 Å². The van der Waals surface area contributed by atoms with Crippen LogP contribution in [-0.4, -0.2) is 35.7 Å². The Balaban J connectivity index is 2.20. The van der Waals surface area contributed by atoms with E-state index in [0.29, 0.717) is 5.92 Å². The summed E-state index contributed by atoms with van der Waals surface area (Å²) >= 11 is 0. The molecule has 0 aliphatic carbocycles. The number of aliphatic hydroxyl groups is 1. The fourth-order valence-electron chi connectivity index (χ4n) is 1.98. The lowest BCUT2D eigenvalue weighted by Gasteiger charge is -2.32. The molecule has 1 unspecified atom stereocenters. The van der Waals surface area contributed by atoms with Crippen molar-refractivity contribution in [2.24, 2.45) is 5.92 Å². The SMILES string of the molecule is CCCN1CCC(C(C)O)CC1. The molecule has 2 heteroatoms. The van der Waals surface area contributed by atoms with Gasteiger partial charge in [0.2, 0.25) is 0 Å². The van der Waals surface area contributed by atoms with Crippen molar-refractivity contribution in [3.63, 3.8) is 0 Å². The summed E-state index contributed by atoms with van der Waals surface area (Å²) in [5.74, 6) is 0.554. The first-order chi connectivity index (χ1) is 5.74. The zero-order valence-electron chi connectivity index (χ0n) is 8.29. The molecule has 0 radical (unpaired) electrons. The van der Waals surface area contributed by atoms with Crippen molar-refractivity contribution in [2.75, 3.05) is 19.6 Å². The molecule has 1 rings (SSSR count). The molecule has 0 spiro atoms. The van der Waals surface area contributed by atoms with Crippen LogP contribution in [0, 0.1) is 5.92 Å². The Labute approximate surface area is 75.6 Å². The van der Waals surface area contributed by atoms with Crippen LogP contribution in [-0.2, 0) is 0 Å². The van der Waals surface area contributed by atoms with Gasteiger partial charge in [-0.25, -0.2) is 0 Å². The van der Waals surface area contributed by atoms with Gasteiger partial charge in [-0.15, -0.1) is 0 Å². The molecular formula is C10H21NO. The highest BCUT2D eigenvalue weighted by atomic mass is 16.3. The average molecular weight is 171 g/mol. The predicted octanol–water partition coefficient (Wildman–Crippen LogP) is 1.49. The Hall–Kier alpha value is -0.0800. The van der Waals surface area contributed by atoms with Crippen LogP contribution in [0.1, 0.15) is 33.1 Å². The molecule has 1 aliphatic rings.